The normalized spacial score (nSPS) is 10.7. The second-order valence-corrected chi connectivity index (χ2v) is 5.44. The maximum absolute atomic E-state index is 10.9. The predicted molar refractivity (Wildman–Crippen MR) is 81.2 cm³/mol. The van der Waals surface area contributed by atoms with Crippen molar-refractivity contribution < 1.29 is 9.53 Å². The summed E-state index contributed by atoms with van der Waals surface area (Å²) in [5.74, 6) is 0.572. The van der Waals surface area contributed by atoms with Gasteiger partial charge in [0.1, 0.15) is 0 Å². The number of hydrogen-bond donors (Lipinski definition) is 1. The first-order valence-corrected chi connectivity index (χ1v) is 7.64. The molecule has 0 aromatic rings. The van der Waals surface area contributed by atoms with Crippen LogP contribution in [0.15, 0.2) is 12.7 Å². The molecule has 1 N–H and O–H groups in total. The molecule has 0 atom stereocenters. The summed E-state index contributed by atoms with van der Waals surface area (Å²) in [6, 6.07) is 0. The smallest absolute Gasteiger partial charge is 0.243 e. The Labute approximate surface area is 118 Å². The van der Waals surface area contributed by atoms with Crippen LogP contribution < -0.4 is 5.32 Å². The molecule has 3 nitrogen and oxygen atoms in total. The molecule has 0 radical (unpaired) electrons. The van der Waals surface area contributed by atoms with Crippen molar-refractivity contribution in [1.29, 1.82) is 0 Å². The molecule has 112 valence electrons. The van der Waals surface area contributed by atoms with Gasteiger partial charge in [-0.15, -0.1) is 0 Å². The zero-order chi connectivity index (χ0) is 14.3. The van der Waals surface area contributed by atoms with E-state index in [1.165, 1.54) is 44.6 Å². The Bertz CT molecular complexity index is 227. The van der Waals surface area contributed by atoms with Gasteiger partial charge >= 0.3 is 0 Å². The first-order valence-electron chi connectivity index (χ1n) is 7.64. The Morgan fingerprint density at radius 3 is 2.26 bits per heavy atom. The van der Waals surface area contributed by atoms with Crippen LogP contribution in [0.3, 0.4) is 0 Å². The Balaban J connectivity index is 3.03. The Kier molecular flexibility index (Phi) is 13.0. The largest absolute Gasteiger partial charge is 0.381 e. The summed E-state index contributed by atoms with van der Waals surface area (Å²) < 4.78 is 5.54. The minimum atomic E-state index is -0.0682. The van der Waals surface area contributed by atoms with Crippen molar-refractivity contribution in [2.45, 2.75) is 58.8 Å². The second-order valence-electron chi connectivity index (χ2n) is 5.44. The van der Waals surface area contributed by atoms with Crippen molar-refractivity contribution in [3.8, 4) is 0 Å². The Hall–Kier alpha value is -0.830. The lowest BCUT2D eigenvalue weighted by Crippen LogP contribution is -2.21. The first-order chi connectivity index (χ1) is 9.16. The molecule has 0 saturated carbocycles. The van der Waals surface area contributed by atoms with Gasteiger partial charge in [0.15, 0.2) is 0 Å². The van der Waals surface area contributed by atoms with Crippen molar-refractivity contribution >= 4 is 5.91 Å². The third-order valence-corrected chi connectivity index (χ3v) is 2.90. The van der Waals surface area contributed by atoms with Gasteiger partial charge in [0.05, 0.1) is 0 Å². The van der Waals surface area contributed by atoms with Crippen molar-refractivity contribution in [2.75, 3.05) is 19.8 Å². The lowest BCUT2D eigenvalue weighted by atomic mass is 10.1. The minimum absolute atomic E-state index is 0.0682. The van der Waals surface area contributed by atoms with E-state index in [-0.39, 0.29) is 5.91 Å². The molecule has 0 spiro atoms. The highest BCUT2D eigenvalue weighted by atomic mass is 16.5. The van der Waals surface area contributed by atoms with Crippen LogP contribution in [0.25, 0.3) is 0 Å². The molecule has 1 amide bonds. The predicted octanol–water partition coefficient (Wildman–Crippen LogP) is 3.69. The fourth-order valence-electron chi connectivity index (χ4n) is 1.82. The topological polar surface area (TPSA) is 38.3 Å². The van der Waals surface area contributed by atoms with Crippen LogP contribution in [0.4, 0.5) is 0 Å². The molecule has 0 saturated heterocycles. The lowest BCUT2D eigenvalue weighted by molar-refractivity contribution is -0.116. The summed E-state index contributed by atoms with van der Waals surface area (Å²) >= 11 is 0. The number of carbonyl (C=O) groups is 1. The van der Waals surface area contributed by atoms with Gasteiger partial charge in [0, 0.05) is 19.8 Å². The number of rotatable bonds is 13. The highest BCUT2D eigenvalue weighted by Crippen LogP contribution is 2.07. The van der Waals surface area contributed by atoms with Gasteiger partial charge in [0.2, 0.25) is 5.91 Å². The van der Waals surface area contributed by atoms with E-state index in [0.717, 1.165) is 26.2 Å². The highest BCUT2D eigenvalue weighted by Gasteiger charge is 1.96. The van der Waals surface area contributed by atoms with Gasteiger partial charge in [-0.2, -0.15) is 0 Å². The summed E-state index contributed by atoms with van der Waals surface area (Å²) in [4.78, 5) is 10.9. The van der Waals surface area contributed by atoms with Gasteiger partial charge in [-0.3, -0.25) is 4.79 Å². The van der Waals surface area contributed by atoms with Crippen LogP contribution in [0, 0.1) is 5.92 Å². The molecular weight excluding hydrogens is 238 g/mol. The van der Waals surface area contributed by atoms with Crippen LogP contribution in [0.1, 0.15) is 58.8 Å². The lowest BCUT2D eigenvalue weighted by Gasteiger charge is -2.06. The first kappa shape index (κ1) is 18.2. The molecule has 3 heteroatoms. The summed E-state index contributed by atoms with van der Waals surface area (Å²) in [5, 5.41) is 2.79. The molecule has 0 unspecified atom stereocenters. The average Bonchev–Trinajstić information content (AvgIpc) is 2.39. The second kappa shape index (κ2) is 13.6. The summed E-state index contributed by atoms with van der Waals surface area (Å²) in [6.07, 6.45) is 9.88. The fraction of sp³-hybridized carbons (Fsp3) is 0.812. The zero-order valence-electron chi connectivity index (χ0n) is 12.7. The molecule has 0 aliphatic carbocycles. The maximum Gasteiger partial charge on any atom is 0.243 e. The third kappa shape index (κ3) is 15.1. The van der Waals surface area contributed by atoms with Gasteiger partial charge in [-0.25, -0.2) is 0 Å². The molecule has 0 bridgehead atoms. The minimum Gasteiger partial charge on any atom is -0.381 e. The van der Waals surface area contributed by atoms with E-state index in [4.69, 9.17) is 4.74 Å². The van der Waals surface area contributed by atoms with Crippen molar-refractivity contribution in [1.82, 2.24) is 5.32 Å². The van der Waals surface area contributed by atoms with Crippen LogP contribution in [-0.4, -0.2) is 25.7 Å². The Morgan fingerprint density at radius 1 is 1.11 bits per heavy atom. The Morgan fingerprint density at radius 2 is 1.68 bits per heavy atom. The molecule has 0 heterocycles. The molecule has 0 aromatic heterocycles. The van der Waals surface area contributed by atoms with Crippen LogP contribution in [0.5, 0.6) is 0 Å². The molecule has 0 aliphatic heterocycles. The number of nitrogens with one attached hydrogen (secondary N) is 1. The number of amides is 1. The zero-order valence-corrected chi connectivity index (χ0v) is 12.7. The van der Waals surface area contributed by atoms with Crippen molar-refractivity contribution in [3.05, 3.63) is 12.7 Å². The molecule has 0 rings (SSSR count). The monoisotopic (exact) mass is 269 g/mol. The highest BCUT2D eigenvalue weighted by molar-refractivity contribution is 5.86. The van der Waals surface area contributed by atoms with E-state index in [2.05, 4.69) is 25.7 Å². The van der Waals surface area contributed by atoms with E-state index < -0.39 is 0 Å². The van der Waals surface area contributed by atoms with Gasteiger partial charge in [-0.1, -0.05) is 52.5 Å². The van der Waals surface area contributed by atoms with Crippen LogP contribution >= 0.6 is 0 Å². The van der Waals surface area contributed by atoms with E-state index in [1.54, 1.807) is 0 Å². The number of carbonyl (C=O) groups excluding carboxylic acids is 1. The van der Waals surface area contributed by atoms with E-state index in [0.29, 0.717) is 5.92 Å². The molecule has 19 heavy (non-hydrogen) atoms. The van der Waals surface area contributed by atoms with Gasteiger partial charge in [-0.05, 0) is 24.8 Å². The SMILES string of the molecule is C=CC(=O)NCCCCCCCCCOCC(C)C. The van der Waals surface area contributed by atoms with E-state index in [9.17, 15) is 4.79 Å². The molecule has 0 aliphatic rings. The maximum atomic E-state index is 10.9. The van der Waals surface area contributed by atoms with Crippen LogP contribution in [-0.2, 0) is 9.53 Å². The fourth-order valence-corrected chi connectivity index (χ4v) is 1.82. The van der Waals surface area contributed by atoms with Crippen LogP contribution in [0.2, 0.25) is 0 Å². The molecule has 0 fully saturated rings. The summed E-state index contributed by atoms with van der Waals surface area (Å²) in [5.41, 5.74) is 0. The van der Waals surface area contributed by atoms with Crippen molar-refractivity contribution in [2.24, 2.45) is 5.92 Å². The van der Waals surface area contributed by atoms with Gasteiger partial charge in [0.25, 0.3) is 0 Å². The number of unbranched alkanes of at least 4 members (excludes halogenated alkanes) is 6. The number of ether oxygens (including phenoxy) is 1. The summed E-state index contributed by atoms with van der Waals surface area (Å²) in [6.45, 7) is 10.3. The average molecular weight is 269 g/mol. The van der Waals surface area contributed by atoms with Gasteiger partial charge < -0.3 is 10.1 Å². The number of hydrogen-bond acceptors (Lipinski definition) is 2. The standard InChI is InChI=1S/C16H31NO2/c1-4-16(18)17-12-10-8-6-5-7-9-11-13-19-14-15(2)3/h4,15H,1,5-14H2,2-3H3,(H,17,18). The van der Waals surface area contributed by atoms with E-state index in [1.807, 2.05) is 0 Å². The van der Waals surface area contributed by atoms with Crippen molar-refractivity contribution in [3.63, 3.8) is 0 Å². The molecule has 0 aromatic carbocycles. The quantitative estimate of drug-likeness (QED) is 0.409. The molecular formula is C16H31NO2. The third-order valence-electron chi connectivity index (χ3n) is 2.90. The summed E-state index contributed by atoms with van der Waals surface area (Å²) in [7, 11) is 0. The van der Waals surface area contributed by atoms with E-state index >= 15 is 0 Å².